The zero-order chi connectivity index (χ0) is 21.1. The first-order valence-corrected chi connectivity index (χ1v) is 10.6. The fraction of sp³-hybridized carbons (Fsp3) is 0.167. The number of hydrogen-bond acceptors (Lipinski definition) is 5. The molecule has 4 rings (SSSR count). The highest BCUT2D eigenvalue weighted by molar-refractivity contribution is 8.00. The van der Waals surface area contributed by atoms with Gasteiger partial charge in [0, 0.05) is 29.2 Å². The third-order valence-corrected chi connectivity index (χ3v) is 6.07. The van der Waals surface area contributed by atoms with E-state index in [-0.39, 0.29) is 11.0 Å². The topological polar surface area (TPSA) is 60.7 Å². The van der Waals surface area contributed by atoms with E-state index < -0.39 is 0 Å². The van der Waals surface area contributed by atoms with E-state index in [1.165, 1.54) is 17.3 Å². The molecule has 0 N–H and O–H groups in total. The van der Waals surface area contributed by atoms with Gasteiger partial charge in [0.1, 0.15) is 0 Å². The van der Waals surface area contributed by atoms with Crippen LogP contribution in [0, 0.1) is 13.8 Å². The normalized spacial score (nSPS) is 12.0. The highest BCUT2D eigenvalue weighted by atomic mass is 32.2. The number of benzene rings is 2. The number of Topliss-reactive ketones (excluding diaryl/α,β-unsaturated/α-hetero) is 1. The van der Waals surface area contributed by atoms with Crippen molar-refractivity contribution in [1.29, 1.82) is 0 Å². The Morgan fingerprint density at radius 1 is 0.933 bits per heavy atom. The van der Waals surface area contributed by atoms with Crippen molar-refractivity contribution in [2.24, 2.45) is 0 Å². The number of nitrogens with zero attached hydrogens (tertiary/aromatic N) is 4. The fourth-order valence-electron chi connectivity index (χ4n) is 3.19. The molecule has 30 heavy (non-hydrogen) atoms. The molecule has 0 saturated carbocycles. The van der Waals surface area contributed by atoms with Gasteiger partial charge in [-0.2, -0.15) is 0 Å². The first-order chi connectivity index (χ1) is 14.5. The Bertz CT molecular complexity index is 1170. The Labute approximate surface area is 180 Å². The molecule has 2 aromatic heterocycles. The molecule has 0 spiro atoms. The number of carbonyl (C=O) groups is 1. The van der Waals surface area contributed by atoms with Gasteiger partial charge in [-0.25, -0.2) is 0 Å². The van der Waals surface area contributed by atoms with Crippen LogP contribution >= 0.6 is 11.8 Å². The summed E-state index contributed by atoms with van der Waals surface area (Å²) in [7, 11) is 0. The lowest BCUT2D eigenvalue weighted by molar-refractivity contribution is 0.0993. The van der Waals surface area contributed by atoms with E-state index in [1.54, 1.807) is 12.4 Å². The van der Waals surface area contributed by atoms with Gasteiger partial charge in [0.2, 0.25) is 0 Å². The highest BCUT2D eigenvalue weighted by Crippen LogP contribution is 2.31. The second-order valence-electron chi connectivity index (χ2n) is 7.14. The molecule has 150 valence electrons. The SMILES string of the molecule is Cc1ccc(C(=O)C(C)Sc2nnc(-c3ccncc3)n2-c2ccccc2)cc1C. The van der Waals surface area contributed by atoms with E-state index in [9.17, 15) is 4.79 Å². The summed E-state index contributed by atoms with van der Waals surface area (Å²) in [6, 6.07) is 19.6. The fourth-order valence-corrected chi connectivity index (χ4v) is 4.13. The zero-order valence-electron chi connectivity index (χ0n) is 17.1. The van der Waals surface area contributed by atoms with E-state index >= 15 is 0 Å². The van der Waals surface area contributed by atoms with Gasteiger partial charge >= 0.3 is 0 Å². The Hall–Kier alpha value is -3.25. The van der Waals surface area contributed by atoms with Crippen LogP contribution in [-0.2, 0) is 0 Å². The zero-order valence-corrected chi connectivity index (χ0v) is 17.9. The minimum absolute atomic E-state index is 0.0798. The number of pyridine rings is 1. The van der Waals surface area contributed by atoms with Crippen LogP contribution in [0.15, 0.2) is 78.2 Å². The molecule has 0 aliphatic carbocycles. The summed E-state index contributed by atoms with van der Waals surface area (Å²) in [5.41, 5.74) is 4.88. The predicted octanol–water partition coefficient (Wildman–Crippen LogP) is 5.31. The molecular formula is C24H22N4OS. The molecule has 6 heteroatoms. The smallest absolute Gasteiger partial charge is 0.196 e. The van der Waals surface area contributed by atoms with Crippen molar-refractivity contribution in [2.75, 3.05) is 0 Å². The molecule has 0 saturated heterocycles. The maximum Gasteiger partial charge on any atom is 0.196 e. The molecule has 0 aliphatic heterocycles. The van der Waals surface area contributed by atoms with Crippen LogP contribution in [0.5, 0.6) is 0 Å². The van der Waals surface area contributed by atoms with Gasteiger partial charge < -0.3 is 0 Å². The van der Waals surface area contributed by atoms with Crippen LogP contribution in [0.4, 0.5) is 0 Å². The first-order valence-electron chi connectivity index (χ1n) is 9.74. The van der Waals surface area contributed by atoms with Crippen molar-refractivity contribution in [2.45, 2.75) is 31.2 Å². The summed E-state index contributed by atoms with van der Waals surface area (Å²) in [6.07, 6.45) is 3.47. The van der Waals surface area contributed by atoms with Crippen LogP contribution < -0.4 is 0 Å². The monoisotopic (exact) mass is 414 g/mol. The van der Waals surface area contributed by atoms with Crippen molar-refractivity contribution in [3.05, 3.63) is 89.7 Å². The molecule has 0 radical (unpaired) electrons. The van der Waals surface area contributed by atoms with Crippen LogP contribution in [0.25, 0.3) is 17.1 Å². The second kappa shape index (κ2) is 8.63. The molecule has 0 aliphatic rings. The van der Waals surface area contributed by atoms with Crippen LogP contribution in [-0.4, -0.2) is 30.8 Å². The standard InChI is InChI=1S/C24H22N4OS/c1-16-9-10-20(15-17(16)2)22(29)18(3)30-24-27-26-23(19-11-13-25-14-12-19)28(24)21-7-5-4-6-8-21/h4-15,18H,1-3H3. The second-order valence-corrected chi connectivity index (χ2v) is 8.44. The largest absolute Gasteiger partial charge is 0.293 e. The van der Waals surface area contributed by atoms with Crippen LogP contribution in [0.2, 0.25) is 0 Å². The number of rotatable bonds is 6. The molecule has 1 unspecified atom stereocenters. The predicted molar refractivity (Wildman–Crippen MR) is 120 cm³/mol. The molecule has 0 bridgehead atoms. The maximum absolute atomic E-state index is 13.1. The Kier molecular flexibility index (Phi) is 5.77. The summed E-state index contributed by atoms with van der Waals surface area (Å²) in [6.45, 7) is 5.99. The molecular weight excluding hydrogens is 392 g/mol. The van der Waals surface area contributed by atoms with Crippen molar-refractivity contribution in [3.63, 3.8) is 0 Å². The van der Waals surface area contributed by atoms with E-state index in [1.807, 2.05) is 86.0 Å². The molecule has 5 nitrogen and oxygen atoms in total. The van der Waals surface area contributed by atoms with Crippen LogP contribution in [0.3, 0.4) is 0 Å². The number of carbonyl (C=O) groups excluding carboxylic acids is 1. The quantitative estimate of drug-likeness (QED) is 0.316. The van der Waals surface area contributed by atoms with Crippen molar-refractivity contribution < 1.29 is 4.79 Å². The number of thioether (sulfide) groups is 1. The Balaban J connectivity index is 1.69. The number of aromatic nitrogens is 4. The van der Waals surface area contributed by atoms with Crippen molar-refractivity contribution >= 4 is 17.5 Å². The summed E-state index contributed by atoms with van der Waals surface area (Å²) in [5.74, 6) is 0.799. The lowest BCUT2D eigenvalue weighted by atomic mass is 10.0. The molecule has 0 fully saturated rings. The van der Waals surface area contributed by atoms with Gasteiger partial charge in [0.05, 0.1) is 5.25 Å². The van der Waals surface area contributed by atoms with E-state index in [4.69, 9.17) is 0 Å². The Morgan fingerprint density at radius 2 is 1.67 bits per heavy atom. The number of hydrogen-bond donors (Lipinski definition) is 0. The molecule has 2 aromatic carbocycles. The average molecular weight is 415 g/mol. The van der Waals surface area contributed by atoms with Gasteiger partial charge in [-0.3, -0.25) is 14.3 Å². The van der Waals surface area contributed by atoms with E-state index in [0.717, 1.165) is 28.2 Å². The Morgan fingerprint density at radius 3 is 2.37 bits per heavy atom. The van der Waals surface area contributed by atoms with Crippen molar-refractivity contribution in [1.82, 2.24) is 19.7 Å². The third kappa shape index (κ3) is 4.04. The van der Waals surface area contributed by atoms with Gasteiger partial charge in [-0.1, -0.05) is 42.1 Å². The molecule has 0 amide bonds. The average Bonchev–Trinajstić information content (AvgIpc) is 3.19. The van der Waals surface area contributed by atoms with E-state index in [0.29, 0.717) is 5.16 Å². The first kappa shape index (κ1) is 20.0. The minimum Gasteiger partial charge on any atom is -0.293 e. The molecule has 2 heterocycles. The number of aryl methyl sites for hydroxylation is 2. The minimum atomic E-state index is -0.302. The third-order valence-electron chi connectivity index (χ3n) is 5.03. The van der Waals surface area contributed by atoms with Gasteiger partial charge in [0.15, 0.2) is 16.8 Å². The summed E-state index contributed by atoms with van der Waals surface area (Å²) < 4.78 is 1.99. The van der Waals surface area contributed by atoms with E-state index in [2.05, 4.69) is 15.2 Å². The summed E-state index contributed by atoms with van der Waals surface area (Å²) >= 11 is 1.42. The number of ketones is 1. The van der Waals surface area contributed by atoms with Crippen molar-refractivity contribution in [3.8, 4) is 17.1 Å². The molecule has 1 atom stereocenters. The van der Waals surface area contributed by atoms with Gasteiger partial charge in [0.25, 0.3) is 0 Å². The highest BCUT2D eigenvalue weighted by Gasteiger charge is 2.23. The lowest BCUT2D eigenvalue weighted by Gasteiger charge is -2.14. The summed E-state index contributed by atoms with van der Waals surface area (Å²) in [5, 5.41) is 9.22. The lowest BCUT2D eigenvalue weighted by Crippen LogP contribution is -2.15. The van der Waals surface area contributed by atoms with Gasteiger partial charge in [-0.15, -0.1) is 10.2 Å². The molecule has 4 aromatic rings. The maximum atomic E-state index is 13.1. The van der Waals surface area contributed by atoms with Gasteiger partial charge in [-0.05, 0) is 62.2 Å². The van der Waals surface area contributed by atoms with Crippen LogP contribution in [0.1, 0.15) is 28.4 Å². The number of para-hydroxylation sites is 1. The summed E-state index contributed by atoms with van der Waals surface area (Å²) in [4.78, 5) is 17.1.